The topological polar surface area (TPSA) is 78.4 Å². The van der Waals surface area contributed by atoms with Crippen molar-refractivity contribution in [2.75, 3.05) is 13.2 Å². The lowest BCUT2D eigenvalue weighted by Gasteiger charge is -2.11. The first-order chi connectivity index (χ1) is 8.52. The number of rotatable bonds is 5. The molecule has 0 aliphatic rings. The molecular formula is C12H15BrN2O3. The van der Waals surface area contributed by atoms with E-state index in [1.54, 1.807) is 31.2 Å². The Hall–Kier alpha value is -1.40. The van der Waals surface area contributed by atoms with Crippen molar-refractivity contribution in [1.82, 2.24) is 10.6 Å². The third kappa shape index (κ3) is 4.85. The minimum atomic E-state index is -0.331. The van der Waals surface area contributed by atoms with E-state index in [4.69, 9.17) is 5.11 Å². The van der Waals surface area contributed by atoms with Crippen molar-refractivity contribution < 1.29 is 14.7 Å². The number of aliphatic hydroxyl groups excluding tert-OH is 1. The summed E-state index contributed by atoms with van der Waals surface area (Å²) >= 11 is 3.27. The summed E-state index contributed by atoms with van der Waals surface area (Å²) in [6, 6.07) is 6.51. The molecular weight excluding hydrogens is 300 g/mol. The van der Waals surface area contributed by atoms with Gasteiger partial charge in [0.1, 0.15) is 0 Å². The predicted molar refractivity (Wildman–Crippen MR) is 71.2 cm³/mol. The van der Waals surface area contributed by atoms with Crippen LogP contribution >= 0.6 is 15.9 Å². The lowest BCUT2D eigenvalue weighted by atomic mass is 10.2. The largest absolute Gasteiger partial charge is 0.394 e. The third-order valence-corrected chi connectivity index (χ3v) is 2.73. The van der Waals surface area contributed by atoms with Gasteiger partial charge in [-0.25, -0.2) is 0 Å². The number of carbonyl (C=O) groups is 2. The van der Waals surface area contributed by atoms with Gasteiger partial charge in [-0.3, -0.25) is 9.59 Å². The maximum Gasteiger partial charge on any atom is 0.251 e. The van der Waals surface area contributed by atoms with Gasteiger partial charge in [0.25, 0.3) is 5.91 Å². The van der Waals surface area contributed by atoms with Crippen molar-refractivity contribution in [1.29, 1.82) is 0 Å². The second-order valence-corrected chi connectivity index (χ2v) is 4.76. The number of amides is 2. The summed E-state index contributed by atoms with van der Waals surface area (Å²) in [5.74, 6) is -0.642. The van der Waals surface area contributed by atoms with E-state index < -0.39 is 0 Å². The summed E-state index contributed by atoms with van der Waals surface area (Å²) in [7, 11) is 0. The number of hydrogen-bond donors (Lipinski definition) is 3. The molecule has 1 aromatic rings. The van der Waals surface area contributed by atoms with Crippen LogP contribution in [0.25, 0.3) is 0 Å². The lowest BCUT2D eigenvalue weighted by molar-refractivity contribution is -0.121. The van der Waals surface area contributed by atoms with Crippen molar-refractivity contribution in [3.05, 3.63) is 34.3 Å². The minimum absolute atomic E-state index is 0.112. The molecule has 0 aliphatic carbocycles. The first kappa shape index (κ1) is 14.7. The highest BCUT2D eigenvalue weighted by atomic mass is 79.9. The van der Waals surface area contributed by atoms with Crippen LogP contribution in [-0.2, 0) is 4.79 Å². The average molecular weight is 315 g/mol. The molecule has 3 N–H and O–H groups in total. The van der Waals surface area contributed by atoms with Crippen molar-refractivity contribution in [3.63, 3.8) is 0 Å². The van der Waals surface area contributed by atoms with Gasteiger partial charge in [-0.1, -0.05) is 15.9 Å². The monoisotopic (exact) mass is 314 g/mol. The molecule has 0 aromatic heterocycles. The van der Waals surface area contributed by atoms with Gasteiger partial charge in [-0.2, -0.15) is 0 Å². The molecule has 0 aliphatic heterocycles. The molecule has 1 atom stereocenters. The van der Waals surface area contributed by atoms with E-state index in [1.807, 2.05) is 0 Å². The average Bonchev–Trinajstić information content (AvgIpc) is 2.36. The molecule has 0 fully saturated rings. The molecule has 0 radical (unpaired) electrons. The fourth-order valence-corrected chi connectivity index (χ4v) is 1.50. The first-order valence-electron chi connectivity index (χ1n) is 5.47. The highest BCUT2D eigenvalue weighted by molar-refractivity contribution is 9.10. The molecule has 6 heteroatoms. The zero-order valence-electron chi connectivity index (χ0n) is 9.94. The van der Waals surface area contributed by atoms with E-state index in [0.29, 0.717) is 5.56 Å². The summed E-state index contributed by atoms with van der Waals surface area (Å²) in [4.78, 5) is 23.0. The summed E-state index contributed by atoms with van der Waals surface area (Å²) in [6.45, 7) is 1.43. The molecule has 98 valence electrons. The molecule has 1 aromatic carbocycles. The van der Waals surface area contributed by atoms with Crippen LogP contribution in [0.5, 0.6) is 0 Å². The summed E-state index contributed by atoms with van der Waals surface area (Å²) in [5, 5.41) is 13.8. The number of carbonyl (C=O) groups excluding carboxylic acids is 2. The quantitative estimate of drug-likeness (QED) is 0.747. The Balaban J connectivity index is 2.41. The van der Waals surface area contributed by atoms with E-state index in [9.17, 15) is 9.59 Å². The second kappa shape index (κ2) is 7.13. The van der Waals surface area contributed by atoms with Gasteiger partial charge in [0.15, 0.2) is 0 Å². The zero-order valence-corrected chi connectivity index (χ0v) is 11.5. The number of halogens is 1. The molecule has 0 saturated carbocycles. The molecule has 0 heterocycles. The first-order valence-corrected chi connectivity index (χ1v) is 6.26. The molecule has 0 saturated heterocycles. The fraction of sp³-hybridized carbons (Fsp3) is 0.333. The van der Waals surface area contributed by atoms with E-state index in [1.165, 1.54) is 0 Å². The molecule has 1 rings (SSSR count). The Morgan fingerprint density at radius 3 is 2.50 bits per heavy atom. The molecule has 18 heavy (non-hydrogen) atoms. The van der Waals surface area contributed by atoms with Crippen LogP contribution < -0.4 is 10.6 Å². The Kier molecular flexibility index (Phi) is 5.80. The summed E-state index contributed by atoms with van der Waals surface area (Å²) < 4.78 is 0.883. The molecule has 0 spiro atoms. The Labute approximate surface area is 114 Å². The van der Waals surface area contributed by atoms with Gasteiger partial charge in [0.2, 0.25) is 5.91 Å². The van der Waals surface area contributed by atoms with Crippen LogP contribution in [0.1, 0.15) is 17.3 Å². The van der Waals surface area contributed by atoms with Crippen molar-refractivity contribution >= 4 is 27.7 Å². The normalized spacial score (nSPS) is 11.7. The molecule has 2 amide bonds. The van der Waals surface area contributed by atoms with Crippen LogP contribution in [0.2, 0.25) is 0 Å². The minimum Gasteiger partial charge on any atom is -0.394 e. The fourth-order valence-electron chi connectivity index (χ4n) is 1.24. The number of hydrogen-bond acceptors (Lipinski definition) is 3. The Morgan fingerprint density at radius 2 is 1.94 bits per heavy atom. The van der Waals surface area contributed by atoms with Crippen LogP contribution in [0.15, 0.2) is 28.7 Å². The smallest absolute Gasteiger partial charge is 0.251 e. The highest BCUT2D eigenvalue weighted by Crippen LogP contribution is 2.10. The van der Waals surface area contributed by atoms with Gasteiger partial charge >= 0.3 is 0 Å². The second-order valence-electron chi connectivity index (χ2n) is 3.84. The van der Waals surface area contributed by atoms with E-state index in [-0.39, 0.29) is 31.0 Å². The lowest BCUT2D eigenvalue weighted by Crippen LogP contribution is -2.42. The standard InChI is InChI=1S/C12H15BrN2O3/c1-8(7-16)15-11(17)6-14-12(18)9-2-4-10(13)5-3-9/h2-5,8,16H,6-7H2,1H3,(H,14,18)(H,15,17)/t8-/m0/s1. The predicted octanol–water partition coefficient (Wildman–Crippen LogP) is 0.676. The number of nitrogens with one attached hydrogen (secondary N) is 2. The van der Waals surface area contributed by atoms with Crippen molar-refractivity contribution in [2.45, 2.75) is 13.0 Å². The van der Waals surface area contributed by atoms with Gasteiger partial charge in [0, 0.05) is 16.1 Å². The van der Waals surface area contributed by atoms with E-state index in [2.05, 4.69) is 26.6 Å². The van der Waals surface area contributed by atoms with Gasteiger partial charge in [-0.05, 0) is 31.2 Å². The number of aliphatic hydroxyl groups is 1. The van der Waals surface area contributed by atoms with Gasteiger partial charge in [-0.15, -0.1) is 0 Å². The number of benzene rings is 1. The molecule has 5 nitrogen and oxygen atoms in total. The van der Waals surface area contributed by atoms with Crippen molar-refractivity contribution in [3.8, 4) is 0 Å². The molecule has 0 unspecified atom stereocenters. The van der Waals surface area contributed by atoms with E-state index >= 15 is 0 Å². The van der Waals surface area contributed by atoms with Crippen LogP contribution in [0, 0.1) is 0 Å². The van der Waals surface area contributed by atoms with E-state index in [0.717, 1.165) is 4.47 Å². The van der Waals surface area contributed by atoms with Gasteiger partial charge in [0.05, 0.1) is 13.2 Å². The van der Waals surface area contributed by atoms with Crippen LogP contribution in [-0.4, -0.2) is 36.1 Å². The maximum absolute atomic E-state index is 11.7. The van der Waals surface area contributed by atoms with Crippen molar-refractivity contribution in [2.24, 2.45) is 0 Å². The summed E-state index contributed by atoms with van der Waals surface area (Å²) in [6.07, 6.45) is 0. The Bertz CT molecular complexity index is 420. The molecule has 0 bridgehead atoms. The highest BCUT2D eigenvalue weighted by Gasteiger charge is 2.09. The van der Waals surface area contributed by atoms with Crippen LogP contribution in [0.4, 0.5) is 0 Å². The SMILES string of the molecule is C[C@@H](CO)NC(=O)CNC(=O)c1ccc(Br)cc1. The third-order valence-electron chi connectivity index (χ3n) is 2.20. The Morgan fingerprint density at radius 1 is 1.33 bits per heavy atom. The summed E-state index contributed by atoms with van der Waals surface area (Å²) in [5.41, 5.74) is 0.487. The maximum atomic E-state index is 11.7. The zero-order chi connectivity index (χ0) is 13.5. The van der Waals surface area contributed by atoms with Gasteiger partial charge < -0.3 is 15.7 Å². The van der Waals surface area contributed by atoms with Crippen LogP contribution in [0.3, 0.4) is 0 Å².